The van der Waals surface area contributed by atoms with Crippen molar-refractivity contribution in [3.8, 4) is 5.75 Å². The van der Waals surface area contributed by atoms with Crippen LogP contribution in [0.25, 0.3) is 0 Å². The highest BCUT2D eigenvalue weighted by Crippen LogP contribution is 2.30. The fraction of sp³-hybridized carbons (Fsp3) is 0.522. The normalized spacial score (nSPS) is 14.9. The third-order valence-corrected chi connectivity index (χ3v) is 6.76. The highest BCUT2D eigenvalue weighted by Gasteiger charge is 2.27. The quantitative estimate of drug-likeness (QED) is 0.500. The van der Waals surface area contributed by atoms with Crippen LogP contribution in [0.2, 0.25) is 10.0 Å². The molecule has 192 valence electrons. The lowest BCUT2D eigenvalue weighted by Crippen LogP contribution is -2.49. The molecule has 3 rings (SSSR count). The van der Waals surface area contributed by atoms with Gasteiger partial charge >= 0.3 is 0 Å². The summed E-state index contributed by atoms with van der Waals surface area (Å²) >= 11 is 12.5. The average molecular weight is 528 g/mol. The van der Waals surface area contributed by atoms with Gasteiger partial charge in [-0.3, -0.25) is 14.3 Å². The predicted molar refractivity (Wildman–Crippen MR) is 134 cm³/mol. The fourth-order valence-electron chi connectivity index (χ4n) is 3.96. The minimum absolute atomic E-state index is 0.0120. The van der Waals surface area contributed by atoms with Crippen molar-refractivity contribution in [1.82, 2.24) is 20.0 Å². The van der Waals surface area contributed by atoms with E-state index in [0.717, 1.165) is 5.69 Å². The molecule has 0 bridgehead atoms. The Labute approximate surface area is 215 Å². The van der Waals surface area contributed by atoms with Crippen LogP contribution >= 0.6 is 23.2 Å². The molecule has 1 unspecified atom stereocenters. The second-order valence-corrected chi connectivity index (χ2v) is 8.98. The number of nitrogens with zero attached hydrogens (tertiary/aromatic N) is 4. The van der Waals surface area contributed by atoms with E-state index in [1.807, 2.05) is 12.1 Å². The molecule has 1 atom stereocenters. The Balaban J connectivity index is 1.61. The SMILES string of the molecule is COc1cc(N2CCN(C(=O)Cn3nc(C(=O)NC(C)C(OC)OC)c(Cl)c3C)CC2)ccc1Cl. The van der Waals surface area contributed by atoms with E-state index in [1.54, 1.807) is 31.9 Å². The molecule has 2 amide bonds. The van der Waals surface area contributed by atoms with E-state index in [1.165, 1.54) is 18.9 Å². The van der Waals surface area contributed by atoms with Crippen molar-refractivity contribution < 1.29 is 23.8 Å². The van der Waals surface area contributed by atoms with Crippen molar-refractivity contribution in [2.45, 2.75) is 32.7 Å². The summed E-state index contributed by atoms with van der Waals surface area (Å²) in [5.41, 5.74) is 1.58. The molecule has 1 aromatic heterocycles. The van der Waals surface area contributed by atoms with E-state index < -0.39 is 18.2 Å². The number of hydrogen-bond donors (Lipinski definition) is 1. The molecule has 1 fully saturated rings. The molecule has 1 aromatic carbocycles. The molecular weight excluding hydrogens is 497 g/mol. The Bertz CT molecular complexity index is 1050. The van der Waals surface area contributed by atoms with Gasteiger partial charge in [-0.1, -0.05) is 23.2 Å². The number of ether oxygens (including phenoxy) is 3. The Morgan fingerprint density at radius 1 is 1.11 bits per heavy atom. The smallest absolute Gasteiger partial charge is 0.273 e. The van der Waals surface area contributed by atoms with Gasteiger partial charge in [-0.05, 0) is 26.0 Å². The minimum Gasteiger partial charge on any atom is -0.495 e. The summed E-state index contributed by atoms with van der Waals surface area (Å²) in [5, 5.41) is 7.82. The van der Waals surface area contributed by atoms with Gasteiger partial charge in [0.1, 0.15) is 12.3 Å². The number of benzene rings is 1. The van der Waals surface area contributed by atoms with Gasteiger partial charge in [0.15, 0.2) is 12.0 Å². The third-order valence-electron chi connectivity index (χ3n) is 6.00. The molecule has 0 radical (unpaired) electrons. The number of methoxy groups -OCH3 is 3. The topological polar surface area (TPSA) is 98.2 Å². The molecule has 1 aliphatic rings. The first-order valence-corrected chi connectivity index (χ1v) is 11.9. The highest BCUT2D eigenvalue weighted by atomic mass is 35.5. The molecule has 10 nitrogen and oxygen atoms in total. The Hall–Kier alpha value is -2.53. The van der Waals surface area contributed by atoms with Crippen molar-refractivity contribution in [2.75, 3.05) is 52.4 Å². The zero-order chi connectivity index (χ0) is 25.7. The third kappa shape index (κ3) is 6.19. The molecule has 35 heavy (non-hydrogen) atoms. The van der Waals surface area contributed by atoms with Crippen molar-refractivity contribution in [1.29, 1.82) is 0 Å². The largest absolute Gasteiger partial charge is 0.495 e. The predicted octanol–water partition coefficient (Wildman–Crippen LogP) is 2.59. The van der Waals surface area contributed by atoms with Crippen molar-refractivity contribution in [2.24, 2.45) is 0 Å². The van der Waals surface area contributed by atoms with E-state index in [2.05, 4.69) is 15.3 Å². The number of anilines is 1. The fourth-order valence-corrected chi connectivity index (χ4v) is 4.37. The minimum atomic E-state index is -0.616. The van der Waals surface area contributed by atoms with Crippen LogP contribution in [0, 0.1) is 6.92 Å². The van der Waals surface area contributed by atoms with Gasteiger partial charge in [-0.2, -0.15) is 5.10 Å². The van der Waals surface area contributed by atoms with E-state index in [9.17, 15) is 9.59 Å². The number of halogens is 2. The summed E-state index contributed by atoms with van der Waals surface area (Å²) in [6, 6.07) is 5.20. The number of carbonyl (C=O) groups excluding carboxylic acids is 2. The molecule has 12 heteroatoms. The highest BCUT2D eigenvalue weighted by molar-refractivity contribution is 6.34. The molecule has 1 aliphatic heterocycles. The maximum atomic E-state index is 13.0. The van der Waals surface area contributed by atoms with Gasteiger partial charge in [-0.25, -0.2) is 0 Å². The summed E-state index contributed by atoms with van der Waals surface area (Å²) in [6.07, 6.45) is -0.616. The monoisotopic (exact) mass is 527 g/mol. The van der Waals surface area contributed by atoms with E-state index in [-0.39, 0.29) is 23.2 Å². The second-order valence-electron chi connectivity index (χ2n) is 8.19. The standard InChI is InChI=1S/C23H31Cl2N5O5/c1-14(23(34-4)35-5)26-22(32)21-20(25)15(2)30(27-21)13-19(31)29-10-8-28(9-11-29)16-6-7-17(24)18(12-16)33-3/h6-7,12,14,23H,8-11,13H2,1-5H3,(H,26,32). The van der Waals surface area contributed by atoms with Crippen LogP contribution in [0.4, 0.5) is 5.69 Å². The first kappa shape index (κ1) is 27.1. The summed E-state index contributed by atoms with van der Waals surface area (Å²) in [6.45, 7) is 5.90. The number of amides is 2. The van der Waals surface area contributed by atoms with Gasteiger partial charge < -0.3 is 29.3 Å². The molecular formula is C23H31Cl2N5O5. The molecule has 0 spiro atoms. The Morgan fingerprint density at radius 3 is 2.37 bits per heavy atom. The van der Waals surface area contributed by atoms with Crippen LogP contribution in [0.5, 0.6) is 5.75 Å². The van der Waals surface area contributed by atoms with Gasteiger partial charge in [0, 0.05) is 52.2 Å². The summed E-state index contributed by atoms with van der Waals surface area (Å²) < 4.78 is 17.1. The van der Waals surface area contributed by atoms with E-state index in [0.29, 0.717) is 42.6 Å². The number of aromatic nitrogens is 2. The van der Waals surface area contributed by atoms with Crippen LogP contribution in [0.15, 0.2) is 18.2 Å². The van der Waals surface area contributed by atoms with Crippen LogP contribution in [0.1, 0.15) is 23.1 Å². The van der Waals surface area contributed by atoms with Crippen molar-refractivity contribution >= 4 is 40.7 Å². The number of piperazine rings is 1. The first-order valence-electron chi connectivity index (χ1n) is 11.2. The molecule has 2 aromatic rings. The lowest BCUT2D eigenvalue weighted by Gasteiger charge is -2.36. The zero-order valence-corrected chi connectivity index (χ0v) is 22.0. The van der Waals surface area contributed by atoms with Crippen LogP contribution in [-0.4, -0.2) is 86.3 Å². The van der Waals surface area contributed by atoms with Gasteiger partial charge in [-0.15, -0.1) is 0 Å². The zero-order valence-electron chi connectivity index (χ0n) is 20.5. The lowest BCUT2D eigenvalue weighted by molar-refractivity contribution is -0.132. The molecule has 0 aliphatic carbocycles. The van der Waals surface area contributed by atoms with Gasteiger partial charge in [0.25, 0.3) is 5.91 Å². The van der Waals surface area contributed by atoms with Crippen LogP contribution < -0.4 is 15.0 Å². The number of carbonyl (C=O) groups is 2. The second kappa shape index (κ2) is 11.9. The molecule has 1 saturated heterocycles. The van der Waals surface area contributed by atoms with Crippen molar-refractivity contribution in [3.05, 3.63) is 39.6 Å². The Kier molecular flexibility index (Phi) is 9.23. The van der Waals surface area contributed by atoms with Crippen LogP contribution in [-0.2, 0) is 20.8 Å². The van der Waals surface area contributed by atoms with E-state index in [4.69, 9.17) is 37.4 Å². The molecule has 2 heterocycles. The summed E-state index contributed by atoms with van der Waals surface area (Å²) in [7, 11) is 4.55. The van der Waals surface area contributed by atoms with Gasteiger partial charge in [0.2, 0.25) is 5.91 Å². The summed E-state index contributed by atoms with van der Waals surface area (Å²) in [5.74, 6) is 0.0468. The first-order chi connectivity index (χ1) is 16.7. The number of nitrogens with one attached hydrogen (secondary N) is 1. The van der Waals surface area contributed by atoms with Crippen LogP contribution in [0.3, 0.4) is 0 Å². The number of rotatable bonds is 9. The Morgan fingerprint density at radius 2 is 1.77 bits per heavy atom. The molecule has 1 N–H and O–H groups in total. The lowest BCUT2D eigenvalue weighted by atomic mass is 10.2. The average Bonchev–Trinajstić information content (AvgIpc) is 3.13. The van der Waals surface area contributed by atoms with E-state index >= 15 is 0 Å². The number of hydrogen-bond acceptors (Lipinski definition) is 7. The maximum absolute atomic E-state index is 13.0. The molecule has 0 saturated carbocycles. The van der Waals surface area contributed by atoms with Gasteiger partial charge in [0.05, 0.1) is 28.9 Å². The summed E-state index contributed by atoms with van der Waals surface area (Å²) in [4.78, 5) is 29.6. The van der Waals surface area contributed by atoms with Crippen molar-refractivity contribution in [3.63, 3.8) is 0 Å². The maximum Gasteiger partial charge on any atom is 0.273 e.